The Morgan fingerprint density at radius 1 is 1.21 bits per heavy atom. The number of nitro benzene ring substituents is 1. The summed E-state index contributed by atoms with van der Waals surface area (Å²) >= 11 is 0. The van der Waals surface area contributed by atoms with Crippen molar-refractivity contribution in [2.24, 2.45) is 5.92 Å². The van der Waals surface area contributed by atoms with E-state index in [4.69, 9.17) is 0 Å². The molecule has 100 valence electrons. The van der Waals surface area contributed by atoms with Crippen LogP contribution in [0.2, 0.25) is 0 Å². The van der Waals surface area contributed by atoms with Crippen LogP contribution in [0.15, 0.2) is 30.6 Å². The molecular formula is C14H17N3O2. The van der Waals surface area contributed by atoms with Crippen molar-refractivity contribution in [3.05, 3.63) is 40.7 Å². The van der Waals surface area contributed by atoms with Crippen LogP contribution in [0.1, 0.15) is 20.8 Å². The first kappa shape index (κ1) is 13.3. The molecule has 2 rings (SSSR count). The topological polar surface area (TPSA) is 68.1 Å². The van der Waals surface area contributed by atoms with E-state index in [1.54, 1.807) is 24.5 Å². The molecule has 0 amide bonds. The fourth-order valence-electron chi connectivity index (χ4n) is 1.87. The number of nitrogens with one attached hydrogen (secondary N) is 1. The molecule has 0 saturated carbocycles. The number of anilines is 1. The van der Waals surface area contributed by atoms with E-state index in [1.807, 2.05) is 0 Å². The summed E-state index contributed by atoms with van der Waals surface area (Å²) in [5.41, 5.74) is 0.995. The summed E-state index contributed by atoms with van der Waals surface area (Å²) < 4.78 is 0. The average Bonchev–Trinajstić information content (AvgIpc) is 2.38. The third-order valence-corrected chi connectivity index (χ3v) is 3.37. The second-order valence-corrected chi connectivity index (χ2v) is 4.99. The quantitative estimate of drug-likeness (QED) is 0.672. The highest BCUT2D eigenvalue weighted by atomic mass is 16.6. The zero-order valence-electron chi connectivity index (χ0n) is 11.3. The summed E-state index contributed by atoms with van der Waals surface area (Å²) in [6, 6.07) is 5.38. The molecule has 0 aliphatic heterocycles. The van der Waals surface area contributed by atoms with Gasteiger partial charge in [0.25, 0.3) is 5.69 Å². The molecule has 1 aromatic carbocycles. The predicted molar refractivity (Wildman–Crippen MR) is 76.3 cm³/mol. The van der Waals surface area contributed by atoms with Gasteiger partial charge in [-0.15, -0.1) is 0 Å². The Morgan fingerprint density at radius 3 is 2.58 bits per heavy atom. The van der Waals surface area contributed by atoms with Crippen LogP contribution in [0.3, 0.4) is 0 Å². The Balaban J connectivity index is 2.53. The third kappa shape index (κ3) is 2.65. The van der Waals surface area contributed by atoms with E-state index < -0.39 is 0 Å². The second-order valence-electron chi connectivity index (χ2n) is 4.99. The Bertz CT molecular complexity index is 611. The van der Waals surface area contributed by atoms with Crippen molar-refractivity contribution in [1.82, 2.24) is 4.98 Å². The first-order chi connectivity index (χ1) is 9.00. The normalized spacial score (nSPS) is 12.6. The van der Waals surface area contributed by atoms with Crippen LogP contribution in [0.5, 0.6) is 0 Å². The zero-order chi connectivity index (χ0) is 14.0. The van der Waals surface area contributed by atoms with Crippen LogP contribution < -0.4 is 5.32 Å². The molecule has 1 heterocycles. The molecule has 0 spiro atoms. The number of fused-ring (bicyclic) bond motifs is 1. The van der Waals surface area contributed by atoms with Crippen LogP contribution in [0.4, 0.5) is 11.4 Å². The fourth-order valence-corrected chi connectivity index (χ4v) is 1.87. The second kappa shape index (κ2) is 5.22. The van der Waals surface area contributed by atoms with Crippen molar-refractivity contribution in [3.8, 4) is 0 Å². The lowest BCUT2D eigenvalue weighted by Gasteiger charge is -2.20. The Morgan fingerprint density at radius 2 is 1.95 bits per heavy atom. The molecule has 1 N–H and O–H groups in total. The highest BCUT2D eigenvalue weighted by Crippen LogP contribution is 2.31. The molecule has 5 nitrogen and oxygen atoms in total. The van der Waals surface area contributed by atoms with E-state index in [0.29, 0.717) is 11.3 Å². The Kier molecular flexibility index (Phi) is 3.64. The SMILES string of the molecule is CC(C)[C@@H](C)Nc1ccc([N+](=O)[O-])c2cnccc12. The smallest absolute Gasteiger partial charge is 0.278 e. The fraction of sp³-hybridized carbons (Fsp3) is 0.357. The molecule has 0 radical (unpaired) electrons. The molecule has 5 heteroatoms. The Labute approximate surface area is 111 Å². The van der Waals surface area contributed by atoms with E-state index in [9.17, 15) is 10.1 Å². The van der Waals surface area contributed by atoms with Gasteiger partial charge in [-0.3, -0.25) is 15.1 Å². The molecule has 0 saturated heterocycles. The number of rotatable bonds is 4. The van der Waals surface area contributed by atoms with Gasteiger partial charge in [0.2, 0.25) is 0 Å². The summed E-state index contributed by atoms with van der Waals surface area (Å²) in [7, 11) is 0. The van der Waals surface area contributed by atoms with Crippen LogP contribution in [0.25, 0.3) is 10.8 Å². The molecule has 0 bridgehead atoms. The van der Waals surface area contributed by atoms with Gasteiger partial charge in [0.05, 0.1) is 10.3 Å². The van der Waals surface area contributed by atoms with E-state index in [2.05, 4.69) is 31.1 Å². The summed E-state index contributed by atoms with van der Waals surface area (Å²) in [6.07, 6.45) is 3.19. The minimum absolute atomic E-state index is 0.0888. The number of nitro groups is 1. The molecule has 1 aromatic heterocycles. The van der Waals surface area contributed by atoms with Crippen molar-refractivity contribution in [3.63, 3.8) is 0 Å². The maximum Gasteiger partial charge on any atom is 0.278 e. The summed E-state index contributed by atoms with van der Waals surface area (Å²) in [5.74, 6) is 0.479. The average molecular weight is 259 g/mol. The lowest BCUT2D eigenvalue weighted by molar-refractivity contribution is -0.383. The molecule has 0 aliphatic carbocycles. The van der Waals surface area contributed by atoms with E-state index in [-0.39, 0.29) is 16.7 Å². The van der Waals surface area contributed by atoms with Crippen molar-refractivity contribution in [2.45, 2.75) is 26.8 Å². The molecular weight excluding hydrogens is 242 g/mol. The first-order valence-electron chi connectivity index (χ1n) is 6.28. The maximum atomic E-state index is 11.0. The minimum Gasteiger partial charge on any atom is -0.382 e. The number of benzene rings is 1. The largest absolute Gasteiger partial charge is 0.382 e. The predicted octanol–water partition coefficient (Wildman–Crippen LogP) is 3.60. The number of hydrogen-bond acceptors (Lipinski definition) is 4. The highest BCUT2D eigenvalue weighted by molar-refractivity contribution is 5.99. The summed E-state index contributed by atoms with van der Waals surface area (Å²) in [6.45, 7) is 6.36. The molecule has 0 fully saturated rings. The van der Waals surface area contributed by atoms with Crippen LogP contribution in [0, 0.1) is 16.0 Å². The van der Waals surface area contributed by atoms with Gasteiger partial charge in [0.15, 0.2) is 0 Å². The first-order valence-corrected chi connectivity index (χ1v) is 6.28. The van der Waals surface area contributed by atoms with Gasteiger partial charge in [-0.25, -0.2) is 0 Å². The van der Waals surface area contributed by atoms with Gasteiger partial charge < -0.3 is 5.32 Å². The monoisotopic (exact) mass is 259 g/mol. The van der Waals surface area contributed by atoms with Crippen molar-refractivity contribution >= 4 is 22.1 Å². The number of pyridine rings is 1. The van der Waals surface area contributed by atoms with Gasteiger partial charge in [-0.2, -0.15) is 0 Å². The standard InChI is InChI=1S/C14H17N3O2/c1-9(2)10(3)16-13-4-5-14(17(18)19)12-8-15-7-6-11(12)13/h4-10,16H,1-3H3/t10-/m1/s1. The third-order valence-electron chi connectivity index (χ3n) is 3.37. The van der Waals surface area contributed by atoms with Crippen LogP contribution in [-0.4, -0.2) is 15.9 Å². The molecule has 19 heavy (non-hydrogen) atoms. The van der Waals surface area contributed by atoms with Gasteiger partial charge in [0.1, 0.15) is 0 Å². The van der Waals surface area contributed by atoms with E-state index in [0.717, 1.165) is 11.1 Å². The number of non-ortho nitro benzene ring substituents is 1. The lowest BCUT2D eigenvalue weighted by atomic mass is 10.0. The Hall–Kier alpha value is -2.17. The molecule has 2 aromatic rings. The minimum atomic E-state index is -0.375. The van der Waals surface area contributed by atoms with Crippen molar-refractivity contribution < 1.29 is 4.92 Å². The van der Waals surface area contributed by atoms with E-state index >= 15 is 0 Å². The summed E-state index contributed by atoms with van der Waals surface area (Å²) in [4.78, 5) is 14.6. The molecule has 0 unspecified atom stereocenters. The lowest BCUT2D eigenvalue weighted by Crippen LogP contribution is -2.21. The highest BCUT2D eigenvalue weighted by Gasteiger charge is 2.15. The van der Waals surface area contributed by atoms with Gasteiger partial charge in [0, 0.05) is 35.6 Å². The number of nitrogens with zero attached hydrogens (tertiary/aromatic N) is 2. The maximum absolute atomic E-state index is 11.0. The van der Waals surface area contributed by atoms with E-state index in [1.165, 1.54) is 6.07 Å². The van der Waals surface area contributed by atoms with Crippen molar-refractivity contribution in [2.75, 3.05) is 5.32 Å². The van der Waals surface area contributed by atoms with Gasteiger partial charge >= 0.3 is 0 Å². The van der Waals surface area contributed by atoms with Crippen LogP contribution >= 0.6 is 0 Å². The van der Waals surface area contributed by atoms with Gasteiger partial charge in [-0.1, -0.05) is 13.8 Å². The van der Waals surface area contributed by atoms with Crippen LogP contribution in [-0.2, 0) is 0 Å². The zero-order valence-corrected chi connectivity index (χ0v) is 11.3. The number of hydrogen-bond donors (Lipinski definition) is 1. The molecule has 0 aliphatic rings. The van der Waals surface area contributed by atoms with Gasteiger partial charge in [-0.05, 0) is 25.0 Å². The van der Waals surface area contributed by atoms with Crippen molar-refractivity contribution in [1.29, 1.82) is 0 Å². The summed E-state index contributed by atoms with van der Waals surface area (Å²) in [5, 5.41) is 15.8. The molecule has 1 atom stereocenters. The number of aromatic nitrogens is 1.